The fraction of sp³-hybridized carbons (Fsp3) is 0.0625. The van der Waals surface area contributed by atoms with Crippen molar-refractivity contribution in [1.29, 1.82) is 0 Å². The number of furan rings is 1. The normalized spacial score (nSPS) is 18.0. The topological polar surface area (TPSA) is 72.0 Å². The summed E-state index contributed by atoms with van der Waals surface area (Å²) < 4.78 is 5.35. The summed E-state index contributed by atoms with van der Waals surface area (Å²) in [6.45, 7) is 0.710. The van der Waals surface area contributed by atoms with Crippen molar-refractivity contribution in [2.75, 3.05) is 5.12 Å². The minimum Gasteiger partial charge on any atom is -0.446 e. The number of hydrazine groups is 2. The Morgan fingerprint density at radius 2 is 1.92 bits per heavy atom. The van der Waals surface area contributed by atoms with Crippen molar-refractivity contribution in [2.45, 2.75) is 6.54 Å². The first kappa shape index (κ1) is 12.9. The van der Waals surface area contributed by atoms with Crippen molar-refractivity contribution in [2.24, 2.45) is 15.1 Å². The van der Waals surface area contributed by atoms with Gasteiger partial charge < -0.3 is 4.42 Å². The van der Waals surface area contributed by atoms with Crippen LogP contribution in [-0.2, 0) is 6.54 Å². The molecule has 0 atom stereocenters. The molecular formula is C16H13N7O. The second-order valence-electron chi connectivity index (χ2n) is 5.41. The zero-order valence-corrected chi connectivity index (χ0v) is 12.6. The Labute approximate surface area is 137 Å². The lowest BCUT2D eigenvalue weighted by Crippen LogP contribution is -2.39. The number of rotatable bonds is 3. The molecule has 24 heavy (non-hydrogen) atoms. The van der Waals surface area contributed by atoms with Gasteiger partial charge in [0.25, 0.3) is 0 Å². The molecule has 8 heteroatoms. The number of fused-ring (bicyclic) bond motifs is 2. The second-order valence-corrected chi connectivity index (χ2v) is 5.41. The third-order valence-corrected chi connectivity index (χ3v) is 3.86. The standard InChI is InChI=1S/C16H13N7O/c1-2-5-12(6-3-1)9-21-10-18-16-14-15(17-11-22(16)21)20-23(19-14)13-7-4-8-24-13/h1-8,10-11,19H,9H2. The number of aliphatic imine (C=N–C) groups is 2. The molecule has 0 amide bonds. The molecule has 0 fully saturated rings. The Hall–Kier alpha value is -3.55. The summed E-state index contributed by atoms with van der Waals surface area (Å²) in [6, 6.07) is 13.8. The molecule has 8 nitrogen and oxygen atoms in total. The number of anilines is 1. The fourth-order valence-electron chi connectivity index (χ4n) is 2.72. The highest BCUT2D eigenvalue weighted by molar-refractivity contribution is 6.07. The van der Waals surface area contributed by atoms with Gasteiger partial charge in [-0.3, -0.25) is 10.4 Å². The highest BCUT2D eigenvalue weighted by Crippen LogP contribution is 2.28. The number of benzene rings is 1. The van der Waals surface area contributed by atoms with Gasteiger partial charge in [-0.25, -0.2) is 15.0 Å². The lowest BCUT2D eigenvalue weighted by Gasteiger charge is -2.28. The maximum atomic E-state index is 5.35. The maximum absolute atomic E-state index is 5.35. The largest absolute Gasteiger partial charge is 0.446 e. The molecule has 2 aromatic rings. The van der Waals surface area contributed by atoms with Gasteiger partial charge in [-0.05, 0) is 11.6 Å². The molecule has 5 rings (SSSR count). The molecule has 0 aliphatic carbocycles. The van der Waals surface area contributed by atoms with E-state index in [1.165, 1.54) is 5.56 Å². The summed E-state index contributed by atoms with van der Waals surface area (Å²) >= 11 is 0. The summed E-state index contributed by atoms with van der Waals surface area (Å²) in [5.74, 6) is 1.93. The van der Waals surface area contributed by atoms with Crippen LogP contribution in [0.15, 0.2) is 79.7 Å². The van der Waals surface area contributed by atoms with Crippen LogP contribution in [0.5, 0.6) is 0 Å². The minimum absolute atomic E-state index is 0.580. The highest BCUT2D eigenvalue weighted by Gasteiger charge is 2.34. The van der Waals surface area contributed by atoms with E-state index in [1.807, 2.05) is 40.3 Å². The van der Waals surface area contributed by atoms with Gasteiger partial charge in [0.15, 0.2) is 5.82 Å². The molecule has 3 aliphatic rings. The second kappa shape index (κ2) is 4.98. The highest BCUT2D eigenvalue weighted by atomic mass is 16.4. The summed E-state index contributed by atoms with van der Waals surface area (Å²) in [5.41, 5.74) is 5.12. The molecule has 0 radical (unpaired) electrons. The van der Waals surface area contributed by atoms with E-state index in [-0.39, 0.29) is 0 Å². The third-order valence-electron chi connectivity index (χ3n) is 3.86. The van der Waals surface area contributed by atoms with Crippen molar-refractivity contribution >= 4 is 24.4 Å². The summed E-state index contributed by atoms with van der Waals surface area (Å²) in [6.07, 6.45) is 5.12. The summed E-state index contributed by atoms with van der Waals surface area (Å²) in [4.78, 5) is 8.92. The lowest BCUT2D eigenvalue weighted by atomic mass is 10.2. The first-order chi connectivity index (χ1) is 11.9. The fourth-order valence-corrected chi connectivity index (χ4v) is 2.72. The molecule has 0 spiro atoms. The number of hydrazone groups is 1. The Bertz CT molecular complexity index is 882. The monoisotopic (exact) mass is 319 g/mol. The van der Waals surface area contributed by atoms with Crippen LogP contribution in [0, 0.1) is 0 Å². The van der Waals surface area contributed by atoms with Crippen molar-refractivity contribution in [3.8, 4) is 0 Å². The molecule has 1 aromatic heterocycles. The zero-order valence-electron chi connectivity index (χ0n) is 12.6. The Kier molecular flexibility index (Phi) is 2.69. The van der Waals surface area contributed by atoms with E-state index >= 15 is 0 Å². The number of hydrogen-bond acceptors (Lipinski definition) is 8. The van der Waals surface area contributed by atoms with Crippen LogP contribution in [-0.4, -0.2) is 28.5 Å². The van der Waals surface area contributed by atoms with Crippen LogP contribution in [0.1, 0.15) is 5.56 Å². The van der Waals surface area contributed by atoms with Crippen LogP contribution in [0.2, 0.25) is 0 Å². The number of hydrogen-bond donors (Lipinski definition) is 1. The Balaban J connectivity index is 1.42. The average molecular weight is 319 g/mol. The van der Waals surface area contributed by atoms with E-state index in [2.05, 4.69) is 32.6 Å². The third kappa shape index (κ3) is 1.97. The SMILES string of the molecule is C1=NC2=NN(c3ccco3)NC2=C2N=CN(Cc3ccccc3)N12. The number of amidine groups is 1. The molecule has 4 heterocycles. The van der Waals surface area contributed by atoms with Crippen LogP contribution in [0.4, 0.5) is 5.88 Å². The summed E-state index contributed by atoms with van der Waals surface area (Å²) in [7, 11) is 0. The Morgan fingerprint density at radius 3 is 2.75 bits per heavy atom. The first-order valence-corrected chi connectivity index (χ1v) is 7.50. The molecule has 3 aliphatic heterocycles. The van der Waals surface area contributed by atoms with Gasteiger partial charge in [-0.1, -0.05) is 30.3 Å². The van der Waals surface area contributed by atoms with Gasteiger partial charge in [-0.15, -0.1) is 10.2 Å². The number of nitrogens with zero attached hydrogens (tertiary/aromatic N) is 6. The van der Waals surface area contributed by atoms with Crippen molar-refractivity contribution < 1.29 is 4.42 Å². The van der Waals surface area contributed by atoms with Crippen molar-refractivity contribution in [3.63, 3.8) is 0 Å². The van der Waals surface area contributed by atoms with Crippen LogP contribution >= 0.6 is 0 Å². The predicted octanol–water partition coefficient (Wildman–Crippen LogP) is 1.89. The van der Waals surface area contributed by atoms with Crippen molar-refractivity contribution in [1.82, 2.24) is 15.4 Å². The summed E-state index contributed by atoms with van der Waals surface area (Å²) in [5, 5.41) is 9.84. The van der Waals surface area contributed by atoms with E-state index in [0.717, 1.165) is 11.5 Å². The van der Waals surface area contributed by atoms with E-state index in [4.69, 9.17) is 4.42 Å². The van der Waals surface area contributed by atoms with Gasteiger partial charge in [0.2, 0.25) is 11.7 Å². The van der Waals surface area contributed by atoms with Gasteiger partial charge in [0.1, 0.15) is 18.4 Å². The molecule has 0 saturated heterocycles. The lowest BCUT2D eigenvalue weighted by molar-refractivity contribution is 0.196. The molecule has 0 saturated carbocycles. The molecule has 118 valence electrons. The maximum Gasteiger partial charge on any atom is 0.235 e. The van der Waals surface area contributed by atoms with E-state index in [9.17, 15) is 0 Å². The van der Waals surface area contributed by atoms with E-state index < -0.39 is 0 Å². The van der Waals surface area contributed by atoms with Gasteiger partial charge in [0.05, 0.1) is 12.8 Å². The minimum atomic E-state index is 0.580. The molecule has 0 unspecified atom stereocenters. The van der Waals surface area contributed by atoms with Crippen molar-refractivity contribution in [3.05, 3.63) is 65.8 Å². The van der Waals surface area contributed by atoms with Crippen LogP contribution < -0.4 is 10.5 Å². The smallest absolute Gasteiger partial charge is 0.235 e. The zero-order chi connectivity index (χ0) is 15.9. The first-order valence-electron chi connectivity index (χ1n) is 7.50. The quantitative estimate of drug-likeness (QED) is 0.935. The molecule has 0 bridgehead atoms. The van der Waals surface area contributed by atoms with E-state index in [0.29, 0.717) is 18.3 Å². The van der Waals surface area contributed by atoms with Crippen LogP contribution in [0.3, 0.4) is 0 Å². The number of nitrogens with one attached hydrogen (secondary N) is 1. The van der Waals surface area contributed by atoms with Crippen LogP contribution in [0.25, 0.3) is 0 Å². The molecule has 1 N–H and O–H groups in total. The molecule has 1 aromatic carbocycles. The Morgan fingerprint density at radius 1 is 1.00 bits per heavy atom. The van der Waals surface area contributed by atoms with Gasteiger partial charge in [-0.2, -0.15) is 0 Å². The van der Waals surface area contributed by atoms with Gasteiger partial charge >= 0.3 is 0 Å². The molecular weight excluding hydrogens is 306 g/mol. The van der Waals surface area contributed by atoms with Gasteiger partial charge in [0, 0.05) is 6.07 Å². The average Bonchev–Trinajstić information content (AvgIpc) is 3.34. The predicted molar refractivity (Wildman–Crippen MR) is 89.6 cm³/mol. The van der Waals surface area contributed by atoms with E-state index in [1.54, 1.807) is 24.1 Å².